The van der Waals surface area contributed by atoms with Crippen LogP contribution in [0.3, 0.4) is 0 Å². The van der Waals surface area contributed by atoms with E-state index in [1.165, 1.54) is 0 Å². The number of hydrogen-bond donors (Lipinski definition) is 1. The summed E-state index contributed by atoms with van der Waals surface area (Å²) in [6, 6.07) is 5.17. The van der Waals surface area contributed by atoms with E-state index in [-0.39, 0.29) is 12.4 Å². The van der Waals surface area contributed by atoms with Crippen molar-refractivity contribution in [1.29, 1.82) is 0 Å². The van der Waals surface area contributed by atoms with Crippen LogP contribution < -0.4 is 10.5 Å². The number of hydrogen-bond acceptors (Lipinski definition) is 3. The van der Waals surface area contributed by atoms with Crippen molar-refractivity contribution in [3.63, 3.8) is 0 Å². The monoisotopic (exact) mass is 201 g/mol. The second-order valence-electron chi connectivity index (χ2n) is 2.39. The minimum absolute atomic E-state index is 0. The fourth-order valence-corrected chi connectivity index (χ4v) is 1.03. The summed E-state index contributed by atoms with van der Waals surface area (Å²) in [7, 11) is 1.58. The molecule has 0 heterocycles. The molecule has 0 fully saturated rings. The third-order valence-corrected chi connectivity index (χ3v) is 1.66. The maximum atomic E-state index is 10.4. The third-order valence-electron chi connectivity index (χ3n) is 1.66. The van der Waals surface area contributed by atoms with Crippen LogP contribution in [0.15, 0.2) is 18.2 Å². The molecule has 0 radical (unpaired) electrons. The maximum absolute atomic E-state index is 10.4. The summed E-state index contributed by atoms with van der Waals surface area (Å²) in [6.45, 7) is 0.380. The number of methoxy groups -OCH3 is 1. The second kappa shape index (κ2) is 5.56. The molecule has 0 atom stereocenters. The largest absolute Gasteiger partial charge is 0.496 e. The number of aldehydes is 1. The first-order valence-corrected chi connectivity index (χ1v) is 3.64. The van der Waals surface area contributed by atoms with Crippen LogP contribution in [0.1, 0.15) is 15.9 Å². The van der Waals surface area contributed by atoms with Crippen molar-refractivity contribution in [3.05, 3.63) is 29.3 Å². The van der Waals surface area contributed by atoms with Crippen LogP contribution in [-0.2, 0) is 6.54 Å². The molecule has 72 valence electrons. The molecule has 0 aliphatic carbocycles. The minimum Gasteiger partial charge on any atom is -0.496 e. The summed E-state index contributed by atoms with van der Waals surface area (Å²) >= 11 is 0. The summed E-state index contributed by atoms with van der Waals surface area (Å²) < 4.78 is 5.04. The van der Waals surface area contributed by atoms with E-state index in [2.05, 4.69) is 0 Å². The van der Waals surface area contributed by atoms with Crippen LogP contribution in [0.4, 0.5) is 0 Å². The average molecular weight is 202 g/mol. The fourth-order valence-electron chi connectivity index (χ4n) is 1.03. The van der Waals surface area contributed by atoms with Crippen LogP contribution in [0.2, 0.25) is 0 Å². The number of halogens is 1. The third kappa shape index (κ3) is 2.72. The van der Waals surface area contributed by atoms with Crippen LogP contribution in [-0.4, -0.2) is 13.4 Å². The number of carbonyl (C=O) groups is 1. The molecule has 0 aliphatic rings. The maximum Gasteiger partial charge on any atom is 0.150 e. The molecule has 2 N–H and O–H groups in total. The Morgan fingerprint density at radius 1 is 1.54 bits per heavy atom. The van der Waals surface area contributed by atoms with E-state index in [1.807, 2.05) is 0 Å². The van der Waals surface area contributed by atoms with E-state index in [4.69, 9.17) is 10.5 Å². The van der Waals surface area contributed by atoms with Crippen molar-refractivity contribution < 1.29 is 9.53 Å². The first-order valence-electron chi connectivity index (χ1n) is 3.64. The number of benzene rings is 1. The van der Waals surface area contributed by atoms with Crippen molar-refractivity contribution >= 4 is 18.7 Å². The van der Waals surface area contributed by atoms with Crippen molar-refractivity contribution in [3.8, 4) is 5.75 Å². The number of nitrogens with two attached hydrogens (primary N) is 1. The standard InChI is InChI=1S/C9H11NO2.ClH/c1-12-9-3-2-7(6-11)4-8(9)5-10;/h2-4,6H,5,10H2,1H3;1H. The summed E-state index contributed by atoms with van der Waals surface area (Å²) in [6.07, 6.45) is 0.790. The van der Waals surface area contributed by atoms with Crippen molar-refractivity contribution in [2.24, 2.45) is 5.73 Å². The van der Waals surface area contributed by atoms with Gasteiger partial charge < -0.3 is 10.5 Å². The molecule has 4 heteroatoms. The Balaban J connectivity index is 0.00000144. The van der Waals surface area contributed by atoms with Crippen LogP contribution in [0.25, 0.3) is 0 Å². The molecule has 0 bridgehead atoms. The van der Waals surface area contributed by atoms with Gasteiger partial charge >= 0.3 is 0 Å². The van der Waals surface area contributed by atoms with Crippen molar-refractivity contribution in [2.75, 3.05) is 7.11 Å². The Bertz CT molecular complexity index is 289. The molecule has 1 aromatic carbocycles. The van der Waals surface area contributed by atoms with Gasteiger partial charge in [0.25, 0.3) is 0 Å². The van der Waals surface area contributed by atoms with E-state index in [9.17, 15) is 4.79 Å². The van der Waals surface area contributed by atoms with Crippen LogP contribution >= 0.6 is 12.4 Å². The predicted octanol–water partition coefficient (Wildman–Crippen LogP) is 1.39. The van der Waals surface area contributed by atoms with Crippen LogP contribution in [0, 0.1) is 0 Å². The van der Waals surface area contributed by atoms with Gasteiger partial charge in [-0.05, 0) is 18.2 Å². The first-order chi connectivity index (χ1) is 5.81. The minimum atomic E-state index is 0. The number of ether oxygens (including phenoxy) is 1. The van der Waals surface area contributed by atoms with E-state index >= 15 is 0 Å². The molecule has 1 aromatic rings. The molecular weight excluding hydrogens is 190 g/mol. The molecule has 13 heavy (non-hydrogen) atoms. The van der Waals surface area contributed by atoms with Gasteiger partial charge in [-0.25, -0.2) is 0 Å². The summed E-state index contributed by atoms with van der Waals surface area (Å²) in [5, 5.41) is 0. The Morgan fingerprint density at radius 2 is 2.23 bits per heavy atom. The van der Waals surface area contributed by atoms with Crippen LogP contribution in [0.5, 0.6) is 5.75 Å². The topological polar surface area (TPSA) is 52.3 Å². The van der Waals surface area contributed by atoms with Gasteiger partial charge in [-0.1, -0.05) is 0 Å². The van der Waals surface area contributed by atoms with Crippen molar-refractivity contribution in [1.82, 2.24) is 0 Å². The lowest BCUT2D eigenvalue weighted by molar-refractivity contribution is 0.112. The lowest BCUT2D eigenvalue weighted by atomic mass is 10.1. The second-order valence-corrected chi connectivity index (χ2v) is 2.39. The van der Waals surface area contributed by atoms with Gasteiger partial charge in [0.1, 0.15) is 12.0 Å². The molecule has 1 rings (SSSR count). The van der Waals surface area contributed by atoms with Gasteiger partial charge in [0.15, 0.2) is 0 Å². The fraction of sp³-hybridized carbons (Fsp3) is 0.222. The van der Waals surface area contributed by atoms with E-state index in [1.54, 1.807) is 25.3 Å². The molecule has 0 aliphatic heterocycles. The smallest absolute Gasteiger partial charge is 0.150 e. The molecule has 0 spiro atoms. The van der Waals surface area contributed by atoms with Gasteiger partial charge in [0, 0.05) is 17.7 Å². The highest BCUT2D eigenvalue weighted by Crippen LogP contribution is 2.18. The molecule has 3 nitrogen and oxygen atoms in total. The molecule has 0 saturated heterocycles. The highest BCUT2D eigenvalue weighted by Gasteiger charge is 2.01. The Hall–Kier alpha value is -1.06. The van der Waals surface area contributed by atoms with Crippen molar-refractivity contribution in [2.45, 2.75) is 6.54 Å². The zero-order valence-corrected chi connectivity index (χ0v) is 8.14. The Labute approximate surface area is 83.3 Å². The van der Waals surface area contributed by atoms with Gasteiger partial charge in [0.2, 0.25) is 0 Å². The van der Waals surface area contributed by atoms with Gasteiger partial charge in [-0.15, -0.1) is 12.4 Å². The molecule has 0 aromatic heterocycles. The summed E-state index contributed by atoms with van der Waals surface area (Å²) in [5.41, 5.74) is 6.92. The quantitative estimate of drug-likeness (QED) is 0.752. The zero-order chi connectivity index (χ0) is 8.97. The zero-order valence-electron chi connectivity index (χ0n) is 7.32. The average Bonchev–Trinajstić information content (AvgIpc) is 2.16. The number of rotatable bonds is 3. The van der Waals surface area contributed by atoms with Gasteiger partial charge in [-0.2, -0.15) is 0 Å². The molecule has 0 amide bonds. The number of carbonyl (C=O) groups excluding carboxylic acids is 1. The first kappa shape index (κ1) is 11.9. The lowest BCUT2D eigenvalue weighted by Crippen LogP contribution is -2.00. The Morgan fingerprint density at radius 3 is 2.69 bits per heavy atom. The highest BCUT2D eigenvalue weighted by molar-refractivity contribution is 5.85. The molecule has 0 unspecified atom stereocenters. The summed E-state index contributed by atoms with van der Waals surface area (Å²) in [4.78, 5) is 10.4. The van der Waals surface area contributed by atoms with E-state index < -0.39 is 0 Å². The summed E-state index contributed by atoms with van der Waals surface area (Å²) in [5.74, 6) is 0.725. The molecule has 0 saturated carbocycles. The van der Waals surface area contributed by atoms with E-state index in [0.29, 0.717) is 12.1 Å². The molecular formula is C9H12ClNO2. The van der Waals surface area contributed by atoms with Gasteiger partial charge in [0.05, 0.1) is 7.11 Å². The SMILES string of the molecule is COc1ccc(C=O)cc1CN.Cl. The Kier molecular flexibility index (Phi) is 5.11. The highest BCUT2D eigenvalue weighted by atomic mass is 35.5. The lowest BCUT2D eigenvalue weighted by Gasteiger charge is -2.05. The van der Waals surface area contributed by atoms with E-state index in [0.717, 1.165) is 17.6 Å². The normalized spacial score (nSPS) is 8.77. The van der Waals surface area contributed by atoms with Gasteiger partial charge in [-0.3, -0.25) is 4.79 Å². The predicted molar refractivity (Wildman–Crippen MR) is 53.5 cm³/mol.